The van der Waals surface area contributed by atoms with Crippen LogP contribution < -0.4 is 5.32 Å². The summed E-state index contributed by atoms with van der Waals surface area (Å²) in [6.45, 7) is 0. The van der Waals surface area contributed by atoms with Crippen LogP contribution in [0, 0.1) is 0 Å². The largest absolute Gasteiger partial charge is 0.345 e. The summed E-state index contributed by atoms with van der Waals surface area (Å²) in [5, 5.41) is 7.13. The molecule has 21 heavy (non-hydrogen) atoms. The summed E-state index contributed by atoms with van der Waals surface area (Å²) in [4.78, 5) is 12.4. The Kier molecular flexibility index (Phi) is 3.62. The van der Waals surface area contributed by atoms with Crippen LogP contribution in [0.3, 0.4) is 0 Å². The molecule has 0 saturated carbocycles. The van der Waals surface area contributed by atoms with Gasteiger partial charge in [-0.25, -0.2) is 4.68 Å². The maximum atomic E-state index is 12.4. The number of aromatic nitrogens is 3. The molecule has 5 nitrogen and oxygen atoms in total. The standard InChI is InChI=1S/C15H13BrN4O/c1-19-10-11(16)9-14(19)15(21)18-12-5-2-3-6-13(12)20-8-4-7-17-20/h2-10H,1H3,(H,18,21). The predicted octanol–water partition coefficient (Wildman–Crippen LogP) is 3.23. The molecule has 0 aliphatic carbocycles. The number of anilines is 1. The molecule has 1 amide bonds. The summed E-state index contributed by atoms with van der Waals surface area (Å²) in [5.74, 6) is -0.164. The van der Waals surface area contributed by atoms with Crippen LogP contribution in [0.1, 0.15) is 10.5 Å². The van der Waals surface area contributed by atoms with Crippen LogP contribution in [0.5, 0.6) is 0 Å². The van der Waals surface area contributed by atoms with E-state index in [0.717, 1.165) is 10.2 Å². The van der Waals surface area contributed by atoms with Crippen LogP contribution in [0.25, 0.3) is 5.69 Å². The number of halogens is 1. The van der Waals surface area contributed by atoms with Gasteiger partial charge in [0.1, 0.15) is 5.69 Å². The zero-order valence-corrected chi connectivity index (χ0v) is 12.9. The van der Waals surface area contributed by atoms with E-state index >= 15 is 0 Å². The highest BCUT2D eigenvalue weighted by Gasteiger charge is 2.13. The molecule has 1 N–H and O–H groups in total. The van der Waals surface area contributed by atoms with E-state index in [9.17, 15) is 4.79 Å². The second-order valence-corrected chi connectivity index (χ2v) is 5.49. The SMILES string of the molecule is Cn1cc(Br)cc1C(=O)Nc1ccccc1-n1cccn1. The summed E-state index contributed by atoms with van der Waals surface area (Å²) in [6.07, 6.45) is 5.38. The number of benzene rings is 1. The Hall–Kier alpha value is -2.34. The van der Waals surface area contributed by atoms with E-state index in [0.29, 0.717) is 11.4 Å². The Balaban J connectivity index is 1.92. The van der Waals surface area contributed by atoms with Crippen LogP contribution >= 0.6 is 15.9 Å². The molecule has 3 rings (SSSR count). The van der Waals surface area contributed by atoms with Gasteiger partial charge in [0.25, 0.3) is 5.91 Å². The van der Waals surface area contributed by atoms with E-state index in [2.05, 4.69) is 26.3 Å². The molecule has 6 heteroatoms. The molecule has 0 saturated heterocycles. The first kappa shape index (κ1) is 13.6. The van der Waals surface area contributed by atoms with E-state index in [-0.39, 0.29) is 5.91 Å². The van der Waals surface area contributed by atoms with Gasteiger partial charge < -0.3 is 9.88 Å². The van der Waals surface area contributed by atoms with Crippen molar-refractivity contribution in [1.82, 2.24) is 14.3 Å². The molecule has 0 fully saturated rings. The number of carbonyl (C=O) groups excluding carboxylic acids is 1. The third kappa shape index (κ3) is 2.75. The van der Waals surface area contributed by atoms with Gasteiger partial charge in [-0.3, -0.25) is 4.79 Å². The Bertz CT molecular complexity index is 777. The molecular weight excluding hydrogens is 332 g/mol. The number of aryl methyl sites for hydroxylation is 1. The van der Waals surface area contributed by atoms with Gasteiger partial charge in [0, 0.05) is 30.1 Å². The van der Waals surface area contributed by atoms with Gasteiger partial charge in [-0.15, -0.1) is 0 Å². The zero-order valence-electron chi connectivity index (χ0n) is 11.3. The van der Waals surface area contributed by atoms with Gasteiger partial charge in [-0.05, 0) is 40.2 Å². The maximum absolute atomic E-state index is 12.4. The number of para-hydroxylation sites is 2. The summed E-state index contributed by atoms with van der Waals surface area (Å²) >= 11 is 3.37. The average molecular weight is 345 g/mol. The lowest BCUT2D eigenvalue weighted by Crippen LogP contribution is -2.16. The second kappa shape index (κ2) is 5.57. The Morgan fingerprint density at radius 3 is 2.76 bits per heavy atom. The first-order valence-electron chi connectivity index (χ1n) is 6.37. The lowest BCUT2D eigenvalue weighted by molar-refractivity contribution is 0.101. The number of amides is 1. The van der Waals surface area contributed by atoms with E-state index in [1.807, 2.05) is 49.8 Å². The minimum atomic E-state index is -0.164. The molecule has 3 aromatic rings. The zero-order chi connectivity index (χ0) is 14.8. The lowest BCUT2D eigenvalue weighted by atomic mass is 10.2. The van der Waals surface area contributed by atoms with Crippen molar-refractivity contribution in [3.8, 4) is 5.69 Å². The van der Waals surface area contributed by atoms with E-state index in [1.165, 1.54) is 0 Å². The first-order chi connectivity index (χ1) is 10.1. The van der Waals surface area contributed by atoms with E-state index < -0.39 is 0 Å². The molecule has 1 aromatic carbocycles. The monoisotopic (exact) mass is 344 g/mol. The topological polar surface area (TPSA) is 51.9 Å². The molecule has 0 aliphatic heterocycles. The highest BCUT2D eigenvalue weighted by atomic mass is 79.9. The predicted molar refractivity (Wildman–Crippen MR) is 84.6 cm³/mol. The van der Waals surface area contributed by atoms with Gasteiger partial charge >= 0.3 is 0 Å². The molecule has 0 aliphatic rings. The van der Waals surface area contributed by atoms with Crippen LogP contribution in [0.15, 0.2) is 59.5 Å². The minimum absolute atomic E-state index is 0.164. The first-order valence-corrected chi connectivity index (χ1v) is 7.17. The van der Waals surface area contributed by atoms with Crippen molar-refractivity contribution >= 4 is 27.5 Å². The fourth-order valence-electron chi connectivity index (χ4n) is 2.13. The molecule has 0 bridgehead atoms. The smallest absolute Gasteiger partial charge is 0.272 e. The number of hydrogen-bond acceptors (Lipinski definition) is 2. The quantitative estimate of drug-likeness (QED) is 0.792. The fraction of sp³-hybridized carbons (Fsp3) is 0.0667. The summed E-state index contributed by atoms with van der Waals surface area (Å²) in [5.41, 5.74) is 2.12. The number of rotatable bonds is 3. The number of nitrogens with one attached hydrogen (secondary N) is 1. The maximum Gasteiger partial charge on any atom is 0.272 e. The normalized spacial score (nSPS) is 10.6. The molecule has 0 spiro atoms. The summed E-state index contributed by atoms with van der Waals surface area (Å²) < 4.78 is 4.36. The van der Waals surface area contributed by atoms with Crippen LogP contribution in [0.2, 0.25) is 0 Å². The van der Waals surface area contributed by atoms with Crippen molar-refractivity contribution in [3.63, 3.8) is 0 Å². The molecule has 106 valence electrons. The molecule has 0 atom stereocenters. The van der Waals surface area contributed by atoms with Gasteiger partial charge in [0.2, 0.25) is 0 Å². The number of nitrogens with zero attached hydrogens (tertiary/aromatic N) is 3. The fourth-order valence-corrected chi connectivity index (χ4v) is 2.65. The minimum Gasteiger partial charge on any atom is -0.345 e. The Morgan fingerprint density at radius 1 is 1.29 bits per heavy atom. The van der Waals surface area contributed by atoms with Crippen molar-refractivity contribution < 1.29 is 4.79 Å². The van der Waals surface area contributed by atoms with Gasteiger partial charge in [-0.2, -0.15) is 5.10 Å². The highest BCUT2D eigenvalue weighted by molar-refractivity contribution is 9.10. The highest BCUT2D eigenvalue weighted by Crippen LogP contribution is 2.21. The van der Waals surface area contributed by atoms with Crippen molar-refractivity contribution in [2.75, 3.05) is 5.32 Å². The molecule has 2 heterocycles. The summed E-state index contributed by atoms with van der Waals surface area (Å²) in [6, 6.07) is 11.2. The van der Waals surface area contributed by atoms with Crippen molar-refractivity contribution in [2.45, 2.75) is 0 Å². The van der Waals surface area contributed by atoms with Crippen LogP contribution in [-0.2, 0) is 7.05 Å². The Labute approximate surface area is 130 Å². The summed E-state index contributed by atoms with van der Waals surface area (Å²) in [7, 11) is 1.83. The third-order valence-corrected chi connectivity index (χ3v) is 3.54. The van der Waals surface area contributed by atoms with E-state index in [4.69, 9.17) is 0 Å². The van der Waals surface area contributed by atoms with Gasteiger partial charge in [0.05, 0.1) is 11.4 Å². The van der Waals surface area contributed by atoms with Crippen molar-refractivity contribution in [1.29, 1.82) is 0 Å². The molecule has 0 unspecified atom stereocenters. The second-order valence-electron chi connectivity index (χ2n) is 4.58. The molecule has 0 radical (unpaired) electrons. The third-order valence-electron chi connectivity index (χ3n) is 3.11. The van der Waals surface area contributed by atoms with E-state index in [1.54, 1.807) is 21.5 Å². The van der Waals surface area contributed by atoms with Gasteiger partial charge in [0.15, 0.2) is 0 Å². The lowest BCUT2D eigenvalue weighted by Gasteiger charge is -2.11. The van der Waals surface area contributed by atoms with Gasteiger partial charge in [-0.1, -0.05) is 12.1 Å². The number of carbonyl (C=O) groups is 1. The average Bonchev–Trinajstić information content (AvgIpc) is 3.09. The van der Waals surface area contributed by atoms with Crippen LogP contribution in [0.4, 0.5) is 5.69 Å². The Morgan fingerprint density at radius 2 is 2.10 bits per heavy atom. The van der Waals surface area contributed by atoms with Crippen molar-refractivity contribution in [3.05, 3.63) is 65.2 Å². The van der Waals surface area contributed by atoms with Crippen LogP contribution in [-0.4, -0.2) is 20.3 Å². The molecule has 2 aromatic heterocycles. The number of hydrogen-bond donors (Lipinski definition) is 1. The molecular formula is C15H13BrN4O. The van der Waals surface area contributed by atoms with Crippen molar-refractivity contribution in [2.24, 2.45) is 7.05 Å².